The van der Waals surface area contributed by atoms with Gasteiger partial charge in [0.05, 0.1) is 0 Å². The van der Waals surface area contributed by atoms with Crippen molar-refractivity contribution in [2.75, 3.05) is 0 Å². The van der Waals surface area contributed by atoms with E-state index in [1.165, 1.54) is 16.7 Å². The van der Waals surface area contributed by atoms with Gasteiger partial charge in [0.1, 0.15) is 0 Å². The summed E-state index contributed by atoms with van der Waals surface area (Å²) in [7, 11) is -1.79. The van der Waals surface area contributed by atoms with Gasteiger partial charge in [-0.2, -0.15) is 0 Å². The zero-order valence-corrected chi connectivity index (χ0v) is 29.7. The molecule has 0 aliphatic heterocycles. The highest BCUT2D eigenvalue weighted by molar-refractivity contribution is 6.42. The number of unbranched alkanes of at least 4 members (excludes halogenated alkanes) is 4. The minimum atomic E-state index is -1.79. The van der Waals surface area contributed by atoms with Crippen LogP contribution >= 0.6 is 0 Å². The maximum Gasteiger partial charge on any atom is 0.0451 e. The molecule has 0 fully saturated rings. The van der Waals surface area contributed by atoms with Crippen LogP contribution in [0.15, 0.2) is 91.0 Å². The summed E-state index contributed by atoms with van der Waals surface area (Å²) in [5.74, 6) is 0. The van der Waals surface area contributed by atoms with E-state index in [0.29, 0.717) is 0 Å². The van der Waals surface area contributed by atoms with Gasteiger partial charge in [0, 0.05) is 5.41 Å². The van der Waals surface area contributed by atoms with Gasteiger partial charge < -0.3 is 22.3 Å². The van der Waals surface area contributed by atoms with Crippen molar-refractivity contribution in [1.82, 2.24) is 12.3 Å². The molecule has 3 rings (SSSR count). The predicted octanol–water partition coefficient (Wildman–Crippen LogP) is 10.6. The van der Waals surface area contributed by atoms with Crippen LogP contribution in [-0.4, -0.2) is 7.12 Å². The van der Waals surface area contributed by atoms with Crippen LogP contribution in [0.2, 0.25) is 5.31 Å². The Morgan fingerprint density at radius 1 is 0.444 bits per heavy atom. The van der Waals surface area contributed by atoms with Crippen molar-refractivity contribution in [3.8, 4) is 0 Å². The zero-order chi connectivity index (χ0) is 31.0. The molecule has 0 radical (unpaired) electrons. The Hall–Kier alpha value is -2.44. The van der Waals surface area contributed by atoms with E-state index in [1.807, 2.05) is 0 Å². The van der Waals surface area contributed by atoms with E-state index in [9.17, 15) is 10.0 Å². The number of hydrogen-bond donors (Lipinski definition) is 2. The van der Waals surface area contributed by atoms with Crippen LogP contribution in [0.1, 0.15) is 141 Å². The lowest BCUT2D eigenvalue weighted by Gasteiger charge is -2.63. The van der Waals surface area contributed by atoms with Crippen molar-refractivity contribution in [2.45, 2.75) is 135 Å². The molecule has 0 unspecified atom stereocenters. The van der Waals surface area contributed by atoms with E-state index in [-0.39, 0.29) is 23.1 Å². The second-order valence-corrected chi connectivity index (χ2v) is 13.0. The summed E-state index contributed by atoms with van der Waals surface area (Å²) in [5, 5.41) is 26.5. The van der Waals surface area contributed by atoms with Crippen LogP contribution in [0, 0.1) is 5.41 Å². The van der Waals surface area contributed by atoms with Gasteiger partial charge in [-0.3, -0.25) is 0 Å². The smallest absolute Gasteiger partial charge is 0.0451 e. The molecular weight excluding hydrogens is 551 g/mol. The van der Waals surface area contributed by atoms with E-state index in [2.05, 4.69) is 119 Å². The first-order valence-corrected chi connectivity index (χ1v) is 17.4. The fourth-order valence-corrected chi connectivity index (χ4v) is 8.07. The van der Waals surface area contributed by atoms with Crippen molar-refractivity contribution in [1.29, 1.82) is 0 Å². The van der Waals surface area contributed by atoms with E-state index < -0.39 is 12.4 Å². The highest BCUT2D eigenvalue weighted by Gasteiger charge is 2.47. The molecule has 5 heteroatoms. The van der Waals surface area contributed by atoms with Gasteiger partial charge >= 0.3 is 0 Å². The van der Waals surface area contributed by atoms with Gasteiger partial charge in [-0.05, 0) is 47.8 Å². The number of quaternary nitrogens is 2. The second kappa shape index (κ2) is 20.6. The summed E-state index contributed by atoms with van der Waals surface area (Å²) in [6.45, 7) is 8.90. The molecule has 0 aromatic heterocycles. The monoisotopic (exact) mass is 617 g/mol. The van der Waals surface area contributed by atoms with Crippen LogP contribution in [-0.2, 0) is 5.41 Å². The molecule has 0 atom stereocenters. The van der Waals surface area contributed by atoms with E-state index in [4.69, 9.17) is 0 Å². The lowest BCUT2D eigenvalue weighted by molar-refractivity contribution is -0.363. The third-order valence-corrected chi connectivity index (χ3v) is 10.5. The minimum absolute atomic E-state index is 0. The molecule has 3 aromatic rings. The summed E-state index contributed by atoms with van der Waals surface area (Å²) in [6, 6.07) is 32.9. The first-order valence-electron chi connectivity index (χ1n) is 17.4. The Morgan fingerprint density at radius 3 is 1.07 bits per heavy atom. The molecule has 8 N–H and O–H groups in total. The summed E-state index contributed by atoms with van der Waals surface area (Å²) >= 11 is 0. The van der Waals surface area contributed by atoms with Gasteiger partial charge in [-0.1, -0.05) is 195 Å². The van der Waals surface area contributed by atoms with Gasteiger partial charge in [-0.25, -0.2) is 0 Å². The van der Waals surface area contributed by atoms with Crippen molar-refractivity contribution < 1.29 is 10.0 Å². The molecule has 3 aromatic carbocycles. The molecule has 0 spiro atoms. The molecule has 250 valence electrons. The third-order valence-electron chi connectivity index (χ3n) is 10.5. The van der Waals surface area contributed by atoms with Crippen molar-refractivity contribution in [3.63, 3.8) is 0 Å². The topological polar surface area (TPSA) is 119 Å². The number of rotatable bonds is 21. The maximum atomic E-state index is 13.6. The van der Waals surface area contributed by atoms with Crippen LogP contribution < -0.4 is 22.3 Å². The Balaban J connectivity index is 0.00000506. The quantitative estimate of drug-likeness (QED) is 0.0914. The fourth-order valence-electron chi connectivity index (χ4n) is 8.07. The molecule has 0 amide bonds. The lowest BCUT2D eigenvalue weighted by atomic mass is 9.39. The van der Waals surface area contributed by atoms with Crippen LogP contribution in [0.4, 0.5) is 0 Å². The fraction of sp³-hybridized carbons (Fsp3) is 0.550. The van der Waals surface area contributed by atoms with E-state index in [1.54, 1.807) is 0 Å². The van der Waals surface area contributed by atoms with Crippen molar-refractivity contribution in [3.05, 3.63) is 108 Å². The van der Waals surface area contributed by atoms with E-state index in [0.717, 1.165) is 96.3 Å². The average molecular weight is 617 g/mol. The first kappa shape index (κ1) is 40.6. The lowest BCUT2D eigenvalue weighted by Crippen LogP contribution is -2.61. The van der Waals surface area contributed by atoms with Gasteiger partial charge in [0.2, 0.25) is 0 Å². The molecule has 0 heterocycles. The summed E-state index contributed by atoms with van der Waals surface area (Å²) in [4.78, 5) is 0. The normalized spacial score (nSPS) is 11.9. The Bertz CT molecular complexity index is 1030. The second-order valence-electron chi connectivity index (χ2n) is 13.0. The number of hydrogen-bond acceptors (Lipinski definition) is 2. The average Bonchev–Trinajstić information content (AvgIpc) is 3.05. The summed E-state index contributed by atoms with van der Waals surface area (Å²) in [6.07, 6.45) is 14.7. The maximum absolute atomic E-state index is 13.6. The Labute approximate surface area is 276 Å². The summed E-state index contributed by atoms with van der Waals surface area (Å²) in [5.41, 5.74) is 3.36. The molecule has 4 nitrogen and oxygen atoms in total. The molecule has 0 saturated carbocycles. The van der Waals surface area contributed by atoms with E-state index >= 15 is 0 Å². The zero-order valence-electron chi connectivity index (χ0n) is 29.7. The van der Waals surface area contributed by atoms with Crippen LogP contribution in [0.3, 0.4) is 0 Å². The van der Waals surface area contributed by atoms with Crippen molar-refractivity contribution >= 4 is 7.12 Å². The molecule has 0 saturated heterocycles. The Morgan fingerprint density at radius 2 is 0.756 bits per heavy atom. The molecule has 0 aliphatic rings. The molecule has 0 bridgehead atoms. The SMILES string of the molecule is CCCCC(CCCC)(CCCC(c1ccccc1)(c1ccccc1)c1ccccc1)C(CCCC)(CCCC)B([O-])[O-].[NH4+].[NH4+]. The molecule has 0 aliphatic carbocycles. The molecular formula is C40H65BN2O2. The van der Waals surface area contributed by atoms with Crippen LogP contribution in [0.5, 0.6) is 0 Å². The third kappa shape index (κ3) is 9.54. The van der Waals surface area contributed by atoms with Gasteiger partial charge in [0.25, 0.3) is 0 Å². The number of benzene rings is 3. The standard InChI is InChI=1S/C40H57BO2.2H3N/c1-5-9-29-38(30-10-6-2,39(41(42)43,32-11-7-3)33-12-8-4)31-22-34-40(35-23-16-13-17-24-35,36-25-18-14-19-26-36)37-27-20-15-21-28-37;;/h13-21,23-28H,5-12,22,29-34H2,1-4H3;2*1H3/q-2;;/p+2. The van der Waals surface area contributed by atoms with Crippen molar-refractivity contribution in [2.24, 2.45) is 5.41 Å². The highest BCUT2D eigenvalue weighted by atomic mass is 16.4. The Kier molecular flexibility index (Phi) is 18.6. The minimum Gasteiger partial charge on any atom is -0.893 e. The summed E-state index contributed by atoms with van der Waals surface area (Å²) < 4.78 is 0. The van der Waals surface area contributed by atoms with Gasteiger partial charge in [-0.15, -0.1) is 7.12 Å². The van der Waals surface area contributed by atoms with Crippen LogP contribution in [0.25, 0.3) is 0 Å². The first-order chi connectivity index (χ1) is 21.0. The van der Waals surface area contributed by atoms with Gasteiger partial charge in [0.15, 0.2) is 0 Å². The largest absolute Gasteiger partial charge is 0.893 e. The highest BCUT2D eigenvalue weighted by Crippen LogP contribution is 2.62. The predicted molar refractivity (Wildman–Crippen MR) is 194 cm³/mol. The molecule has 45 heavy (non-hydrogen) atoms.